The van der Waals surface area contributed by atoms with Gasteiger partial charge in [-0.3, -0.25) is 0 Å². The van der Waals surface area contributed by atoms with Gasteiger partial charge in [0.2, 0.25) is 0 Å². The van der Waals surface area contributed by atoms with Crippen LogP contribution in [-0.2, 0) is 0 Å². The van der Waals surface area contributed by atoms with Crippen molar-refractivity contribution in [1.29, 1.82) is 0 Å². The SMILES string of the molecule is c1noc(C2CCCCN2)c1C1CCC1. The summed E-state index contributed by atoms with van der Waals surface area (Å²) in [7, 11) is 0. The Labute approximate surface area is 90.2 Å². The zero-order valence-corrected chi connectivity index (χ0v) is 9.04. The normalized spacial score (nSPS) is 27.6. The van der Waals surface area contributed by atoms with E-state index in [4.69, 9.17) is 4.52 Å². The molecule has 1 saturated heterocycles. The maximum Gasteiger partial charge on any atom is 0.157 e. The molecule has 0 aromatic carbocycles. The van der Waals surface area contributed by atoms with E-state index in [9.17, 15) is 0 Å². The van der Waals surface area contributed by atoms with E-state index >= 15 is 0 Å². The predicted octanol–water partition coefficient (Wildman–Crippen LogP) is 2.76. The highest BCUT2D eigenvalue weighted by Gasteiger charge is 2.29. The molecule has 1 unspecified atom stereocenters. The van der Waals surface area contributed by atoms with Gasteiger partial charge in [0.1, 0.15) is 0 Å². The molecular formula is C12H18N2O. The Balaban J connectivity index is 1.80. The molecule has 3 rings (SSSR count). The average molecular weight is 206 g/mol. The van der Waals surface area contributed by atoms with Crippen LogP contribution in [0.1, 0.15) is 61.8 Å². The second kappa shape index (κ2) is 3.97. The summed E-state index contributed by atoms with van der Waals surface area (Å²) in [5.74, 6) is 1.86. The van der Waals surface area contributed by atoms with Crippen molar-refractivity contribution in [2.75, 3.05) is 6.54 Å². The lowest BCUT2D eigenvalue weighted by Gasteiger charge is -2.28. The summed E-state index contributed by atoms with van der Waals surface area (Å²) in [6, 6.07) is 0.428. The summed E-state index contributed by atoms with van der Waals surface area (Å²) in [4.78, 5) is 0. The molecular weight excluding hydrogens is 188 g/mol. The van der Waals surface area contributed by atoms with Crippen LogP contribution in [0.4, 0.5) is 0 Å². The molecule has 2 fully saturated rings. The zero-order chi connectivity index (χ0) is 10.1. The maximum absolute atomic E-state index is 5.45. The molecule has 2 aliphatic rings. The second-order valence-electron chi connectivity index (χ2n) is 4.78. The van der Waals surface area contributed by atoms with Gasteiger partial charge < -0.3 is 9.84 Å². The van der Waals surface area contributed by atoms with Crippen LogP contribution >= 0.6 is 0 Å². The minimum absolute atomic E-state index is 0.428. The van der Waals surface area contributed by atoms with Crippen molar-refractivity contribution in [1.82, 2.24) is 10.5 Å². The lowest BCUT2D eigenvalue weighted by atomic mass is 9.79. The first-order valence-corrected chi connectivity index (χ1v) is 6.13. The minimum Gasteiger partial charge on any atom is -0.359 e. The van der Waals surface area contributed by atoms with Crippen molar-refractivity contribution in [3.8, 4) is 0 Å². The lowest BCUT2D eigenvalue weighted by molar-refractivity contribution is 0.296. The molecule has 1 atom stereocenters. The molecule has 82 valence electrons. The Hall–Kier alpha value is -0.830. The van der Waals surface area contributed by atoms with Crippen molar-refractivity contribution in [3.63, 3.8) is 0 Å². The van der Waals surface area contributed by atoms with Crippen molar-refractivity contribution < 1.29 is 4.52 Å². The smallest absolute Gasteiger partial charge is 0.157 e. The first-order chi connectivity index (χ1) is 7.45. The number of nitrogens with one attached hydrogen (secondary N) is 1. The second-order valence-corrected chi connectivity index (χ2v) is 4.78. The van der Waals surface area contributed by atoms with E-state index in [2.05, 4.69) is 10.5 Å². The first-order valence-electron chi connectivity index (χ1n) is 6.13. The Bertz CT molecular complexity index is 324. The largest absolute Gasteiger partial charge is 0.359 e. The standard InChI is InChI=1S/C12H18N2O/c1-2-7-13-11(6-1)12-10(8-14-15-12)9-4-3-5-9/h8-9,11,13H,1-7H2. The van der Waals surface area contributed by atoms with Gasteiger partial charge in [-0.1, -0.05) is 18.0 Å². The van der Waals surface area contributed by atoms with Crippen molar-refractivity contribution in [3.05, 3.63) is 17.5 Å². The van der Waals surface area contributed by atoms with Gasteiger partial charge in [-0.2, -0.15) is 0 Å². The molecule has 1 aromatic rings. The van der Waals surface area contributed by atoms with Crippen molar-refractivity contribution in [2.45, 2.75) is 50.5 Å². The fourth-order valence-electron chi connectivity index (χ4n) is 2.62. The van der Waals surface area contributed by atoms with Gasteiger partial charge in [0.25, 0.3) is 0 Å². The van der Waals surface area contributed by atoms with E-state index in [-0.39, 0.29) is 0 Å². The Morgan fingerprint density at radius 2 is 2.13 bits per heavy atom. The molecule has 3 nitrogen and oxygen atoms in total. The summed E-state index contributed by atoms with van der Waals surface area (Å²) in [6.45, 7) is 1.12. The van der Waals surface area contributed by atoms with Gasteiger partial charge in [0, 0.05) is 5.56 Å². The number of aromatic nitrogens is 1. The predicted molar refractivity (Wildman–Crippen MR) is 57.7 cm³/mol. The third-order valence-corrected chi connectivity index (χ3v) is 3.80. The van der Waals surface area contributed by atoms with Crippen LogP contribution in [0.3, 0.4) is 0 Å². The molecule has 0 spiro atoms. The lowest BCUT2D eigenvalue weighted by Crippen LogP contribution is -2.27. The van der Waals surface area contributed by atoms with E-state index < -0.39 is 0 Å². The van der Waals surface area contributed by atoms with Gasteiger partial charge in [-0.15, -0.1) is 0 Å². The van der Waals surface area contributed by atoms with Crippen LogP contribution in [0.2, 0.25) is 0 Å². The highest BCUT2D eigenvalue weighted by molar-refractivity contribution is 5.24. The summed E-state index contributed by atoms with van der Waals surface area (Å²) < 4.78 is 5.45. The molecule has 15 heavy (non-hydrogen) atoms. The molecule has 2 heterocycles. The average Bonchev–Trinajstić information content (AvgIpc) is 2.65. The van der Waals surface area contributed by atoms with Gasteiger partial charge in [-0.25, -0.2) is 0 Å². The molecule has 0 bridgehead atoms. The molecule has 0 radical (unpaired) electrons. The molecule has 1 aromatic heterocycles. The van der Waals surface area contributed by atoms with E-state index in [1.54, 1.807) is 0 Å². The van der Waals surface area contributed by atoms with E-state index in [1.807, 2.05) is 6.20 Å². The van der Waals surface area contributed by atoms with Gasteiger partial charge in [0.05, 0.1) is 12.2 Å². The van der Waals surface area contributed by atoms with Crippen molar-refractivity contribution in [2.24, 2.45) is 0 Å². The van der Waals surface area contributed by atoms with Crippen molar-refractivity contribution >= 4 is 0 Å². The summed E-state index contributed by atoms with van der Waals surface area (Å²) in [5, 5.41) is 7.52. The summed E-state index contributed by atoms with van der Waals surface area (Å²) in [5.41, 5.74) is 1.38. The van der Waals surface area contributed by atoms with Crippen LogP contribution in [-0.4, -0.2) is 11.7 Å². The summed E-state index contributed by atoms with van der Waals surface area (Å²) in [6.07, 6.45) is 9.76. The number of rotatable bonds is 2. The highest BCUT2D eigenvalue weighted by atomic mass is 16.5. The third kappa shape index (κ3) is 1.69. The highest BCUT2D eigenvalue weighted by Crippen LogP contribution is 2.40. The van der Waals surface area contributed by atoms with E-state index in [0.29, 0.717) is 6.04 Å². The molecule has 1 aliphatic carbocycles. The topological polar surface area (TPSA) is 38.1 Å². The number of piperidine rings is 1. The maximum atomic E-state index is 5.45. The monoisotopic (exact) mass is 206 g/mol. The Morgan fingerprint density at radius 3 is 2.80 bits per heavy atom. The Kier molecular flexibility index (Phi) is 2.49. The minimum atomic E-state index is 0.428. The van der Waals surface area contributed by atoms with Crippen LogP contribution in [0, 0.1) is 0 Å². The fraction of sp³-hybridized carbons (Fsp3) is 0.750. The molecule has 1 aliphatic heterocycles. The zero-order valence-electron chi connectivity index (χ0n) is 9.04. The Morgan fingerprint density at radius 1 is 1.20 bits per heavy atom. The van der Waals surface area contributed by atoms with Crippen LogP contribution in [0.25, 0.3) is 0 Å². The van der Waals surface area contributed by atoms with E-state index in [1.165, 1.54) is 44.1 Å². The van der Waals surface area contributed by atoms with Gasteiger partial charge in [0.15, 0.2) is 5.76 Å². The molecule has 1 saturated carbocycles. The molecule has 3 heteroatoms. The quantitative estimate of drug-likeness (QED) is 0.808. The van der Waals surface area contributed by atoms with Crippen LogP contribution < -0.4 is 5.32 Å². The van der Waals surface area contributed by atoms with E-state index in [0.717, 1.165) is 18.2 Å². The fourth-order valence-corrected chi connectivity index (χ4v) is 2.62. The number of hydrogen-bond donors (Lipinski definition) is 1. The number of nitrogens with zero attached hydrogens (tertiary/aromatic N) is 1. The van der Waals surface area contributed by atoms with Gasteiger partial charge >= 0.3 is 0 Å². The first kappa shape index (κ1) is 9.40. The van der Waals surface area contributed by atoms with Crippen LogP contribution in [0.15, 0.2) is 10.7 Å². The molecule has 0 amide bonds. The summed E-state index contributed by atoms with van der Waals surface area (Å²) >= 11 is 0. The van der Waals surface area contributed by atoms with Crippen LogP contribution in [0.5, 0.6) is 0 Å². The number of hydrogen-bond acceptors (Lipinski definition) is 3. The third-order valence-electron chi connectivity index (χ3n) is 3.80. The van der Waals surface area contributed by atoms with Gasteiger partial charge in [-0.05, 0) is 38.1 Å². The molecule has 1 N–H and O–H groups in total.